The summed E-state index contributed by atoms with van der Waals surface area (Å²) in [5.41, 5.74) is 5.05. The van der Waals surface area contributed by atoms with Crippen molar-refractivity contribution in [2.24, 2.45) is 5.92 Å². The van der Waals surface area contributed by atoms with E-state index in [1.807, 2.05) is 51.4 Å². The molecule has 2 rings (SSSR count). The number of anilines is 1. The Morgan fingerprint density at radius 1 is 1.32 bits per heavy atom. The second-order valence-corrected chi connectivity index (χ2v) is 6.26. The molecule has 0 saturated heterocycles. The largest absolute Gasteiger partial charge is 0.326 e. The van der Waals surface area contributed by atoms with Gasteiger partial charge in [-0.2, -0.15) is 5.10 Å². The predicted molar refractivity (Wildman–Crippen MR) is 90.4 cm³/mol. The third kappa shape index (κ3) is 3.50. The van der Waals surface area contributed by atoms with Gasteiger partial charge in [0.05, 0.1) is 18.2 Å². The topological polar surface area (TPSA) is 46.9 Å². The number of hydrogen-bond donors (Lipinski definition) is 1. The van der Waals surface area contributed by atoms with Crippen LogP contribution in [0.4, 0.5) is 5.69 Å². The van der Waals surface area contributed by atoms with Crippen molar-refractivity contribution >= 4 is 23.2 Å². The van der Waals surface area contributed by atoms with Crippen molar-refractivity contribution in [2.75, 3.05) is 5.32 Å². The van der Waals surface area contributed by atoms with Crippen molar-refractivity contribution in [1.82, 2.24) is 9.78 Å². The molecule has 0 aliphatic carbocycles. The minimum Gasteiger partial charge on any atom is -0.326 e. The van der Waals surface area contributed by atoms with Gasteiger partial charge in [0.15, 0.2) is 0 Å². The molecule has 22 heavy (non-hydrogen) atoms. The fourth-order valence-electron chi connectivity index (χ4n) is 2.29. The number of rotatable bonds is 4. The average Bonchev–Trinajstić information content (AvgIpc) is 2.70. The second-order valence-electron chi connectivity index (χ2n) is 5.83. The molecule has 4 nitrogen and oxygen atoms in total. The lowest BCUT2D eigenvalue weighted by Gasteiger charge is -2.15. The van der Waals surface area contributed by atoms with Crippen LogP contribution < -0.4 is 5.32 Å². The molecule has 1 aromatic carbocycles. The Kier molecular flexibility index (Phi) is 4.91. The van der Waals surface area contributed by atoms with Gasteiger partial charge in [0.1, 0.15) is 0 Å². The van der Waals surface area contributed by atoms with Crippen molar-refractivity contribution < 1.29 is 4.79 Å². The first-order chi connectivity index (χ1) is 10.3. The number of halogens is 1. The quantitative estimate of drug-likeness (QED) is 0.924. The molecule has 0 saturated carbocycles. The van der Waals surface area contributed by atoms with Crippen LogP contribution in [0, 0.1) is 33.6 Å². The number of amides is 1. The lowest BCUT2D eigenvalue weighted by atomic mass is 10.1. The maximum Gasteiger partial charge on any atom is 0.229 e. The summed E-state index contributed by atoms with van der Waals surface area (Å²) < 4.78 is 1.90. The van der Waals surface area contributed by atoms with Gasteiger partial charge in [0, 0.05) is 16.4 Å². The molecule has 0 fully saturated rings. The Hall–Kier alpha value is -1.81. The number of nitrogens with zero attached hydrogens (tertiary/aromatic N) is 2. The Morgan fingerprint density at radius 2 is 2.00 bits per heavy atom. The van der Waals surface area contributed by atoms with Crippen LogP contribution in [0.15, 0.2) is 18.2 Å². The van der Waals surface area contributed by atoms with Crippen LogP contribution in [-0.2, 0) is 11.3 Å². The number of carbonyl (C=O) groups excluding carboxylic acids is 1. The van der Waals surface area contributed by atoms with E-state index in [0.29, 0.717) is 11.6 Å². The van der Waals surface area contributed by atoms with Crippen molar-refractivity contribution in [2.45, 2.75) is 41.2 Å². The number of hydrogen-bond acceptors (Lipinski definition) is 2. The van der Waals surface area contributed by atoms with E-state index in [1.165, 1.54) is 5.56 Å². The first-order valence-electron chi connectivity index (χ1n) is 7.37. The molecule has 2 aromatic rings. The maximum atomic E-state index is 12.4. The summed E-state index contributed by atoms with van der Waals surface area (Å²) in [7, 11) is 0. The highest BCUT2D eigenvalue weighted by Crippen LogP contribution is 2.21. The molecule has 1 heterocycles. The van der Waals surface area contributed by atoms with E-state index in [4.69, 9.17) is 11.6 Å². The first-order valence-corrected chi connectivity index (χ1v) is 7.75. The SMILES string of the molecule is Cc1ccc(Cl)cc1NC(=O)[C@@H](C)Cn1nc(C)c(C)c1C. The number of carbonyl (C=O) groups is 1. The van der Waals surface area contributed by atoms with Crippen LogP contribution in [0.1, 0.15) is 29.4 Å². The summed E-state index contributed by atoms with van der Waals surface area (Å²) in [4.78, 5) is 12.4. The highest BCUT2D eigenvalue weighted by atomic mass is 35.5. The highest BCUT2D eigenvalue weighted by Gasteiger charge is 2.17. The van der Waals surface area contributed by atoms with Crippen LogP contribution in [0.25, 0.3) is 0 Å². The van der Waals surface area contributed by atoms with E-state index in [1.54, 1.807) is 6.07 Å². The predicted octanol–water partition coefficient (Wildman–Crippen LogP) is 4.04. The van der Waals surface area contributed by atoms with Crippen molar-refractivity contribution in [3.8, 4) is 0 Å². The van der Waals surface area contributed by atoms with Gasteiger partial charge >= 0.3 is 0 Å². The smallest absolute Gasteiger partial charge is 0.229 e. The molecule has 0 radical (unpaired) electrons. The molecule has 1 atom stereocenters. The van der Waals surface area contributed by atoms with Crippen molar-refractivity contribution in [1.29, 1.82) is 0 Å². The van der Waals surface area contributed by atoms with E-state index >= 15 is 0 Å². The summed E-state index contributed by atoms with van der Waals surface area (Å²) in [6.45, 7) is 10.5. The number of nitrogens with one attached hydrogen (secondary N) is 1. The van der Waals surface area contributed by atoms with Gasteiger partial charge < -0.3 is 5.32 Å². The third-order valence-electron chi connectivity index (χ3n) is 4.10. The lowest BCUT2D eigenvalue weighted by Crippen LogP contribution is -2.25. The highest BCUT2D eigenvalue weighted by molar-refractivity contribution is 6.31. The standard InChI is InChI=1S/C17H22ClN3O/c1-10-6-7-15(18)8-16(10)19-17(22)11(2)9-21-14(5)12(3)13(4)20-21/h6-8,11H,9H2,1-5H3,(H,19,22)/t11-/m0/s1. The normalized spacial score (nSPS) is 12.3. The van der Waals surface area contributed by atoms with Crippen LogP contribution in [0.5, 0.6) is 0 Å². The molecule has 0 spiro atoms. The molecule has 0 unspecified atom stereocenters. The van der Waals surface area contributed by atoms with Crippen LogP contribution in [0.2, 0.25) is 5.02 Å². The zero-order valence-corrected chi connectivity index (χ0v) is 14.5. The van der Waals surface area contributed by atoms with Gasteiger partial charge in [-0.3, -0.25) is 9.48 Å². The molecular formula is C17H22ClN3O. The Bertz CT molecular complexity index is 706. The number of aryl methyl sites for hydroxylation is 2. The Morgan fingerprint density at radius 3 is 2.59 bits per heavy atom. The van der Waals surface area contributed by atoms with Crippen molar-refractivity contribution in [3.63, 3.8) is 0 Å². The average molecular weight is 320 g/mol. The monoisotopic (exact) mass is 319 g/mol. The van der Waals surface area contributed by atoms with Crippen LogP contribution >= 0.6 is 11.6 Å². The minimum absolute atomic E-state index is 0.0319. The molecule has 0 aliphatic heterocycles. The van der Waals surface area contributed by atoms with E-state index in [9.17, 15) is 4.79 Å². The molecule has 118 valence electrons. The second kappa shape index (κ2) is 6.53. The summed E-state index contributed by atoms with van der Waals surface area (Å²) in [5, 5.41) is 8.05. The minimum atomic E-state index is -0.184. The van der Waals surface area contributed by atoms with Gasteiger partial charge in [-0.15, -0.1) is 0 Å². The van der Waals surface area contributed by atoms with Gasteiger partial charge in [-0.25, -0.2) is 0 Å². The fourth-order valence-corrected chi connectivity index (χ4v) is 2.46. The fraction of sp³-hybridized carbons (Fsp3) is 0.412. The molecule has 0 aliphatic rings. The van der Waals surface area contributed by atoms with Crippen LogP contribution in [0.3, 0.4) is 0 Å². The summed E-state index contributed by atoms with van der Waals surface area (Å²) in [6, 6.07) is 5.48. The van der Waals surface area contributed by atoms with Gasteiger partial charge in [0.2, 0.25) is 5.91 Å². The summed E-state index contributed by atoms with van der Waals surface area (Å²) in [5.74, 6) is -0.216. The molecule has 5 heteroatoms. The summed E-state index contributed by atoms with van der Waals surface area (Å²) in [6.07, 6.45) is 0. The lowest BCUT2D eigenvalue weighted by molar-refractivity contribution is -0.119. The van der Waals surface area contributed by atoms with Crippen LogP contribution in [-0.4, -0.2) is 15.7 Å². The first kappa shape index (κ1) is 16.6. The zero-order valence-electron chi connectivity index (χ0n) is 13.7. The molecule has 0 bridgehead atoms. The molecule has 1 amide bonds. The molecular weight excluding hydrogens is 298 g/mol. The molecule has 1 aromatic heterocycles. The molecule has 1 N–H and O–H groups in total. The van der Waals surface area contributed by atoms with E-state index in [0.717, 1.165) is 22.6 Å². The number of benzene rings is 1. The van der Waals surface area contributed by atoms with Gasteiger partial charge in [-0.05, 0) is 51.0 Å². The Labute approximate surface area is 136 Å². The van der Waals surface area contributed by atoms with E-state index in [-0.39, 0.29) is 11.8 Å². The van der Waals surface area contributed by atoms with Gasteiger partial charge in [0.25, 0.3) is 0 Å². The van der Waals surface area contributed by atoms with E-state index in [2.05, 4.69) is 10.4 Å². The van der Waals surface area contributed by atoms with E-state index < -0.39 is 0 Å². The summed E-state index contributed by atoms with van der Waals surface area (Å²) >= 11 is 5.99. The number of aromatic nitrogens is 2. The zero-order chi connectivity index (χ0) is 16.4. The van der Waals surface area contributed by atoms with Gasteiger partial charge in [-0.1, -0.05) is 24.6 Å². The Balaban J connectivity index is 2.09. The van der Waals surface area contributed by atoms with Crippen molar-refractivity contribution in [3.05, 3.63) is 45.7 Å². The maximum absolute atomic E-state index is 12.4. The third-order valence-corrected chi connectivity index (χ3v) is 4.33.